The molecule has 0 saturated heterocycles. The van der Waals surface area contributed by atoms with Crippen LogP contribution in [-0.2, 0) is 0 Å². The van der Waals surface area contributed by atoms with Gasteiger partial charge in [0.15, 0.2) is 0 Å². The molecule has 1 N–H and O–H groups in total. The van der Waals surface area contributed by atoms with Gasteiger partial charge in [0.25, 0.3) is 0 Å². The van der Waals surface area contributed by atoms with Crippen LogP contribution in [0.2, 0.25) is 0 Å². The Balaban J connectivity index is 2.40. The van der Waals surface area contributed by atoms with E-state index in [1.807, 2.05) is 24.3 Å². The van der Waals surface area contributed by atoms with Crippen LogP contribution in [0.3, 0.4) is 0 Å². The Labute approximate surface area is 101 Å². The van der Waals surface area contributed by atoms with Crippen LogP contribution in [0, 0.1) is 0 Å². The van der Waals surface area contributed by atoms with E-state index in [1.165, 1.54) is 19.3 Å². The van der Waals surface area contributed by atoms with Crippen LogP contribution in [0.25, 0.3) is 0 Å². The van der Waals surface area contributed by atoms with Gasteiger partial charge in [-0.05, 0) is 18.1 Å². The predicted octanol–water partition coefficient (Wildman–Crippen LogP) is 4.45. The van der Waals surface area contributed by atoms with Crippen molar-refractivity contribution in [3.05, 3.63) is 34.3 Å². The molecule has 0 heterocycles. The molecule has 0 spiro atoms. The van der Waals surface area contributed by atoms with Gasteiger partial charge in [0, 0.05) is 4.47 Å². The first-order chi connectivity index (χ1) is 7.25. The molecule has 84 valence electrons. The van der Waals surface area contributed by atoms with E-state index in [9.17, 15) is 5.11 Å². The van der Waals surface area contributed by atoms with Gasteiger partial charge in [-0.25, -0.2) is 0 Å². The summed E-state index contributed by atoms with van der Waals surface area (Å²) in [5, 5.41) is 9.97. The van der Waals surface area contributed by atoms with Crippen molar-refractivity contribution in [2.75, 3.05) is 0 Å². The van der Waals surface area contributed by atoms with E-state index in [4.69, 9.17) is 0 Å². The Morgan fingerprint density at radius 3 is 2.60 bits per heavy atom. The van der Waals surface area contributed by atoms with Crippen LogP contribution in [-0.4, -0.2) is 5.11 Å². The molecule has 0 amide bonds. The van der Waals surface area contributed by atoms with Gasteiger partial charge in [-0.1, -0.05) is 66.7 Å². The summed E-state index contributed by atoms with van der Waals surface area (Å²) in [4.78, 5) is 0. The summed E-state index contributed by atoms with van der Waals surface area (Å²) in [5.41, 5.74) is 1.01. The van der Waals surface area contributed by atoms with Gasteiger partial charge in [0.1, 0.15) is 0 Å². The second kappa shape index (κ2) is 7.02. The van der Waals surface area contributed by atoms with Crippen molar-refractivity contribution < 1.29 is 5.11 Å². The van der Waals surface area contributed by atoms with Crippen molar-refractivity contribution in [1.29, 1.82) is 0 Å². The minimum absolute atomic E-state index is 0.322. The van der Waals surface area contributed by atoms with Crippen molar-refractivity contribution in [2.45, 2.75) is 45.1 Å². The van der Waals surface area contributed by atoms with Crippen LogP contribution in [0.5, 0.6) is 0 Å². The number of benzene rings is 1. The van der Waals surface area contributed by atoms with Crippen LogP contribution in [0.15, 0.2) is 28.7 Å². The Kier molecular flexibility index (Phi) is 5.96. The topological polar surface area (TPSA) is 20.2 Å². The third-order valence-electron chi connectivity index (χ3n) is 2.60. The van der Waals surface area contributed by atoms with Crippen LogP contribution < -0.4 is 0 Å². The first-order valence-electron chi connectivity index (χ1n) is 5.68. The Morgan fingerprint density at radius 2 is 1.93 bits per heavy atom. The van der Waals surface area contributed by atoms with E-state index in [2.05, 4.69) is 22.9 Å². The highest BCUT2D eigenvalue weighted by Gasteiger charge is 2.09. The van der Waals surface area contributed by atoms with Crippen LogP contribution in [0.1, 0.15) is 50.7 Å². The molecule has 0 aliphatic heterocycles. The van der Waals surface area contributed by atoms with E-state index in [0.29, 0.717) is 0 Å². The standard InChI is InChI=1S/C13H19BrO/c1-2-3-4-5-10-13(15)11-8-6-7-9-12(11)14/h6-9,13,15H,2-5,10H2,1H3/t13-/m1/s1. The third-order valence-corrected chi connectivity index (χ3v) is 3.32. The molecule has 0 aliphatic carbocycles. The van der Waals surface area contributed by atoms with Gasteiger partial charge < -0.3 is 5.11 Å². The highest BCUT2D eigenvalue weighted by molar-refractivity contribution is 9.10. The minimum atomic E-state index is -0.322. The second-order valence-corrected chi connectivity index (χ2v) is 4.74. The number of aliphatic hydroxyl groups excluding tert-OH is 1. The van der Waals surface area contributed by atoms with E-state index in [1.54, 1.807) is 0 Å². The Morgan fingerprint density at radius 1 is 1.20 bits per heavy atom. The molecule has 0 aromatic heterocycles. The van der Waals surface area contributed by atoms with Gasteiger partial charge in [-0.3, -0.25) is 0 Å². The first-order valence-corrected chi connectivity index (χ1v) is 6.47. The van der Waals surface area contributed by atoms with Crippen molar-refractivity contribution >= 4 is 15.9 Å². The molecule has 0 aliphatic rings. The molecule has 0 fully saturated rings. The maximum Gasteiger partial charge on any atom is 0.0800 e. The van der Waals surface area contributed by atoms with Gasteiger partial charge in [-0.15, -0.1) is 0 Å². The van der Waals surface area contributed by atoms with Gasteiger partial charge in [0.2, 0.25) is 0 Å². The number of hydrogen-bond donors (Lipinski definition) is 1. The average Bonchev–Trinajstić information content (AvgIpc) is 2.25. The lowest BCUT2D eigenvalue weighted by Gasteiger charge is -2.12. The summed E-state index contributed by atoms with van der Waals surface area (Å²) in [7, 11) is 0. The highest BCUT2D eigenvalue weighted by atomic mass is 79.9. The number of unbranched alkanes of at least 4 members (excludes halogenated alkanes) is 3. The zero-order valence-electron chi connectivity index (χ0n) is 9.25. The number of aliphatic hydroxyl groups is 1. The summed E-state index contributed by atoms with van der Waals surface area (Å²) in [6.07, 6.45) is 5.38. The smallest absolute Gasteiger partial charge is 0.0800 e. The normalized spacial score (nSPS) is 12.7. The summed E-state index contributed by atoms with van der Waals surface area (Å²) >= 11 is 3.46. The molecule has 1 rings (SSSR count). The first kappa shape index (κ1) is 12.7. The van der Waals surface area contributed by atoms with Crippen molar-refractivity contribution in [2.24, 2.45) is 0 Å². The quantitative estimate of drug-likeness (QED) is 0.758. The lowest BCUT2D eigenvalue weighted by molar-refractivity contribution is 0.162. The van der Waals surface area contributed by atoms with Crippen molar-refractivity contribution in [3.8, 4) is 0 Å². The van der Waals surface area contributed by atoms with E-state index in [-0.39, 0.29) is 6.10 Å². The predicted molar refractivity (Wildman–Crippen MR) is 67.9 cm³/mol. The molecule has 15 heavy (non-hydrogen) atoms. The van der Waals surface area contributed by atoms with E-state index < -0.39 is 0 Å². The molecular weight excluding hydrogens is 252 g/mol. The number of halogens is 1. The molecule has 1 aromatic carbocycles. The molecule has 0 bridgehead atoms. The largest absolute Gasteiger partial charge is 0.388 e. The molecule has 1 atom stereocenters. The molecule has 1 nitrogen and oxygen atoms in total. The zero-order chi connectivity index (χ0) is 11.1. The zero-order valence-corrected chi connectivity index (χ0v) is 10.8. The SMILES string of the molecule is CCCCCC[C@@H](O)c1ccccc1Br. The van der Waals surface area contributed by atoms with E-state index in [0.717, 1.165) is 22.9 Å². The van der Waals surface area contributed by atoms with Gasteiger partial charge in [-0.2, -0.15) is 0 Å². The Bertz CT molecular complexity index is 286. The fourth-order valence-corrected chi connectivity index (χ4v) is 2.21. The van der Waals surface area contributed by atoms with E-state index >= 15 is 0 Å². The summed E-state index contributed by atoms with van der Waals surface area (Å²) in [6, 6.07) is 7.89. The maximum absolute atomic E-state index is 9.97. The van der Waals surface area contributed by atoms with Crippen molar-refractivity contribution in [3.63, 3.8) is 0 Å². The highest BCUT2D eigenvalue weighted by Crippen LogP contribution is 2.26. The molecule has 0 radical (unpaired) electrons. The molecule has 0 saturated carbocycles. The second-order valence-electron chi connectivity index (χ2n) is 3.89. The Hall–Kier alpha value is -0.340. The van der Waals surface area contributed by atoms with Gasteiger partial charge >= 0.3 is 0 Å². The summed E-state index contributed by atoms with van der Waals surface area (Å²) in [6.45, 7) is 2.20. The lowest BCUT2D eigenvalue weighted by atomic mass is 10.0. The fourth-order valence-electron chi connectivity index (χ4n) is 1.67. The minimum Gasteiger partial charge on any atom is -0.388 e. The average molecular weight is 271 g/mol. The molecule has 1 aromatic rings. The molecule has 0 unspecified atom stereocenters. The van der Waals surface area contributed by atoms with Crippen molar-refractivity contribution in [1.82, 2.24) is 0 Å². The summed E-state index contributed by atoms with van der Waals surface area (Å²) in [5.74, 6) is 0. The number of rotatable bonds is 6. The van der Waals surface area contributed by atoms with Gasteiger partial charge in [0.05, 0.1) is 6.10 Å². The molecular formula is C13H19BrO. The number of hydrogen-bond acceptors (Lipinski definition) is 1. The fraction of sp³-hybridized carbons (Fsp3) is 0.538. The summed E-state index contributed by atoms with van der Waals surface area (Å²) < 4.78 is 1.01. The molecule has 2 heteroatoms. The lowest BCUT2D eigenvalue weighted by Crippen LogP contribution is -1.98. The van der Waals surface area contributed by atoms with Crippen LogP contribution in [0.4, 0.5) is 0 Å². The van der Waals surface area contributed by atoms with Crippen LogP contribution >= 0.6 is 15.9 Å². The monoisotopic (exact) mass is 270 g/mol. The maximum atomic E-state index is 9.97. The third kappa shape index (κ3) is 4.35.